The van der Waals surface area contributed by atoms with E-state index in [1.807, 2.05) is 24.3 Å². The summed E-state index contributed by atoms with van der Waals surface area (Å²) in [5.41, 5.74) is 1.76. The van der Waals surface area contributed by atoms with E-state index in [2.05, 4.69) is 10.6 Å². The summed E-state index contributed by atoms with van der Waals surface area (Å²) in [6.45, 7) is 2.16. The number of sulfonamides is 1. The van der Waals surface area contributed by atoms with E-state index >= 15 is 0 Å². The predicted octanol–water partition coefficient (Wildman–Crippen LogP) is 2.85. The molecule has 1 aliphatic heterocycles. The van der Waals surface area contributed by atoms with E-state index < -0.39 is 10.0 Å². The van der Waals surface area contributed by atoms with E-state index in [4.69, 9.17) is 28.6 Å². The number of rotatable bonds is 5. The lowest BCUT2D eigenvalue weighted by Crippen LogP contribution is -2.40. The van der Waals surface area contributed by atoms with Gasteiger partial charge >= 0.3 is 0 Å². The Morgan fingerprint density at radius 3 is 2.33 bits per heavy atom. The van der Waals surface area contributed by atoms with Crippen molar-refractivity contribution in [3.63, 3.8) is 0 Å². The molecule has 3 rings (SSSR count). The third kappa shape index (κ3) is 5.40. The van der Waals surface area contributed by atoms with Gasteiger partial charge in [-0.15, -0.1) is 0 Å². The fraction of sp³-hybridized carbons (Fsp3) is 0.278. The maximum Gasteiger partial charge on any atom is 0.243 e. The van der Waals surface area contributed by atoms with E-state index in [1.54, 1.807) is 24.3 Å². The molecule has 27 heavy (non-hydrogen) atoms. The molecule has 0 aliphatic carbocycles. The molecule has 0 atom stereocenters. The Kier molecular flexibility index (Phi) is 6.67. The molecule has 9 heteroatoms. The molecule has 2 aromatic carbocycles. The minimum atomic E-state index is -3.49. The zero-order chi connectivity index (χ0) is 19.3. The second-order valence-electron chi connectivity index (χ2n) is 5.97. The van der Waals surface area contributed by atoms with Crippen molar-refractivity contribution in [1.82, 2.24) is 9.62 Å². The first-order valence-corrected chi connectivity index (χ1v) is 10.6. The molecule has 2 aromatic rings. The van der Waals surface area contributed by atoms with Gasteiger partial charge in [-0.25, -0.2) is 8.42 Å². The van der Waals surface area contributed by atoms with Crippen molar-refractivity contribution < 1.29 is 13.2 Å². The van der Waals surface area contributed by atoms with Crippen molar-refractivity contribution in [1.29, 1.82) is 0 Å². The molecule has 144 valence electrons. The largest absolute Gasteiger partial charge is 0.379 e. The Morgan fingerprint density at radius 1 is 1.07 bits per heavy atom. The zero-order valence-corrected chi connectivity index (χ0v) is 16.9. The molecule has 0 amide bonds. The summed E-state index contributed by atoms with van der Waals surface area (Å²) >= 11 is 11.1. The maximum atomic E-state index is 12.6. The minimum Gasteiger partial charge on any atom is -0.379 e. The predicted molar refractivity (Wildman–Crippen MR) is 111 cm³/mol. The SMILES string of the molecule is O=S(=O)(c1ccc(NC(=S)NCc2ccc(Cl)cc2)cc1)N1CCOCC1. The summed E-state index contributed by atoms with van der Waals surface area (Å²) in [6, 6.07) is 14.0. The van der Waals surface area contributed by atoms with Crippen molar-refractivity contribution >= 4 is 44.6 Å². The van der Waals surface area contributed by atoms with Crippen LogP contribution in [0.2, 0.25) is 5.02 Å². The van der Waals surface area contributed by atoms with E-state index in [0.29, 0.717) is 48.7 Å². The van der Waals surface area contributed by atoms with Crippen molar-refractivity contribution in [2.24, 2.45) is 0 Å². The number of hydrogen-bond donors (Lipinski definition) is 2. The van der Waals surface area contributed by atoms with Gasteiger partial charge in [-0.05, 0) is 54.2 Å². The number of benzene rings is 2. The number of nitrogens with one attached hydrogen (secondary N) is 2. The van der Waals surface area contributed by atoms with E-state index in [1.165, 1.54) is 4.31 Å². The summed E-state index contributed by atoms with van der Waals surface area (Å²) < 4.78 is 31.9. The summed E-state index contributed by atoms with van der Waals surface area (Å²) in [4.78, 5) is 0.259. The number of halogens is 1. The third-order valence-electron chi connectivity index (χ3n) is 4.09. The van der Waals surface area contributed by atoms with Gasteiger partial charge < -0.3 is 15.4 Å². The minimum absolute atomic E-state index is 0.259. The molecule has 0 bridgehead atoms. The first-order chi connectivity index (χ1) is 12.9. The molecule has 0 unspecified atom stereocenters. The van der Waals surface area contributed by atoms with Crippen LogP contribution in [0.3, 0.4) is 0 Å². The monoisotopic (exact) mass is 425 g/mol. The number of thiocarbonyl (C=S) groups is 1. The van der Waals surface area contributed by atoms with Crippen LogP contribution in [-0.4, -0.2) is 44.1 Å². The molecule has 1 heterocycles. The Balaban J connectivity index is 1.56. The number of nitrogens with zero attached hydrogens (tertiary/aromatic N) is 1. The van der Waals surface area contributed by atoms with Crippen LogP contribution in [0, 0.1) is 0 Å². The summed E-state index contributed by atoms with van der Waals surface area (Å²) in [5.74, 6) is 0. The van der Waals surface area contributed by atoms with Gasteiger partial charge in [-0.3, -0.25) is 0 Å². The summed E-state index contributed by atoms with van der Waals surface area (Å²) in [5, 5.41) is 7.29. The van der Waals surface area contributed by atoms with E-state index in [0.717, 1.165) is 5.56 Å². The highest BCUT2D eigenvalue weighted by Crippen LogP contribution is 2.19. The lowest BCUT2D eigenvalue weighted by Gasteiger charge is -2.26. The molecule has 1 saturated heterocycles. The van der Waals surface area contributed by atoms with Crippen LogP contribution < -0.4 is 10.6 Å². The second kappa shape index (κ2) is 8.99. The van der Waals surface area contributed by atoms with E-state index in [9.17, 15) is 8.42 Å². The van der Waals surface area contributed by atoms with Gasteiger partial charge in [0.25, 0.3) is 0 Å². The lowest BCUT2D eigenvalue weighted by molar-refractivity contribution is 0.0730. The first-order valence-electron chi connectivity index (χ1n) is 8.42. The molecule has 1 aliphatic rings. The molecule has 0 radical (unpaired) electrons. The molecule has 6 nitrogen and oxygen atoms in total. The first kappa shape index (κ1) is 20.0. The number of morpholine rings is 1. The summed E-state index contributed by atoms with van der Waals surface area (Å²) in [6.07, 6.45) is 0. The van der Waals surface area contributed by atoms with Crippen molar-refractivity contribution in [3.05, 3.63) is 59.1 Å². The smallest absolute Gasteiger partial charge is 0.243 e. The van der Waals surface area contributed by atoms with Gasteiger partial charge in [0.1, 0.15) is 0 Å². The lowest BCUT2D eigenvalue weighted by atomic mass is 10.2. The van der Waals surface area contributed by atoms with E-state index in [-0.39, 0.29) is 4.90 Å². The topological polar surface area (TPSA) is 70.7 Å². The van der Waals surface area contributed by atoms with Crippen molar-refractivity contribution in [3.8, 4) is 0 Å². The fourth-order valence-corrected chi connectivity index (χ4v) is 4.33. The van der Waals surface area contributed by atoms with Crippen LogP contribution in [0.5, 0.6) is 0 Å². The molecule has 0 aromatic heterocycles. The normalized spacial score (nSPS) is 15.3. The Bertz CT molecular complexity index is 881. The number of hydrogen-bond acceptors (Lipinski definition) is 4. The Morgan fingerprint density at radius 2 is 1.70 bits per heavy atom. The molecule has 1 fully saturated rings. The highest BCUT2D eigenvalue weighted by Gasteiger charge is 2.26. The van der Waals surface area contributed by atoms with Gasteiger partial charge in [0.2, 0.25) is 10.0 Å². The van der Waals surface area contributed by atoms with Crippen LogP contribution in [0.1, 0.15) is 5.56 Å². The molecule has 0 spiro atoms. The highest BCUT2D eigenvalue weighted by molar-refractivity contribution is 7.89. The number of ether oxygens (including phenoxy) is 1. The van der Waals surface area contributed by atoms with Crippen LogP contribution in [0.4, 0.5) is 5.69 Å². The van der Waals surface area contributed by atoms with Crippen LogP contribution in [0.25, 0.3) is 0 Å². The highest BCUT2D eigenvalue weighted by atomic mass is 35.5. The average molecular weight is 426 g/mol. The average Bonchev–Trinajstić information content (AvgIpc) is 2.69. The van der Waals surface area contributed by atoms with Gasteiger partial charge in [-0.1, -0.05) is 23.7 Å². The standard InChI is InChI=1S/C18H20ClN3O3S2/c19-15-3-1-14(2-4-15)13-20-18(26)21-16-5-7-17(8-6-16)27(23,24)22-9-11-25-12-10-22/h1-8H,9-13H2,(H2,20,21,26). The van der Waals surface area contributed by atoms with Crippen molar-refractivity contribution in [2.75, 3.05) is 31.6 Å². The Labute approximate surface area is 169 Å². The number of anilines is 1. The van der Waals surface area contributed by atoms with Crippen LogP contribution >= 0.6 is 23.8 Å². The fourth-order valence-electron chi connectivity index (χ4n) is 2.61. The molecular formula is C18H20ClN3O3S2. The Hall–Kier alpha value is -1.71. The van der Waals surface area contributed by atoms with Gasteiger partial charge in [0.15, 0.2) is 5.11 Å². The van der Waals surface area contributed by atoms with Crippen LogP contribution in [-0.2, 0) is 21.3 Å². The van der Waals surface area contributed by atoms with Gasteiger partial charge in [-0.2, -0.15) is 4.31 Å². The molecule has 0 saturated carbocycles. The quantitative estimate of drug-likeness (QED) is 0.718. The second-order valence-corrected chi connectivity index (χ2v) is 8.76. The third-order valence-corrected chi connectivity index (χ3v) is 6.50. The molecule has 2 N–H and O–H groups in total. The molecular weight excluding hydrogens is 406 g/mol. The van der Waals surface area contributed by atoms with Gasteiger partial charge in [0, 0.05) is 30.3 Å². The van der Waals surface area contributed by atoms with Crippen molar-refractivity contribution in [2.45, 2.75) is 11.4 Å². The maximum absolute atomic E-state index is 12.6. The summed E-state index contributed by atoms with van der Waals surface area (Å²) in [7, 11) is -3.49. The van der Waals surface area contributed by atoms with Gasteiger partial charge in [0.05, 0.1) is 18.1 Å². The zero-order valence-electron chi connectivity index (χ0n) is 14.5. The van der Waals surface area contributed by atoms with Crippen LogP contribution in [0.15, 0.2) is 53.4 Å².